The van der Waals surface area contributed by atoms with Crippen LogP contribution in [0.15, 0.2) is 42.5 Å². The van der Waals surface area contributed by atoms with Crippen molar-refractivity contribution in [2.24, 2.45) is 0 Å². The van der Waals surface area contributed by atoms with Crippen molar-refractivity contribution in [1.82, 2.24) is 4.90 Å². The lowest BCUT2D eigenvalue weighted by molar-refractivity contribution is -0.139. The number of likely N-dealkylation sites (tertiary alicyclic amines) is 1. The quantitative estimate of drug-likeness (QED) is 0.733. The molecule has 0 aliphatic carbocycles. The third-order valence-corrected chi connectivity index (χ3v) is 5.72. The van der Waals surface area contributed by atoms with Gasteiger partial charge in [-0.05, 0) is 41.8 Å². The molecule has 5 nitrogen and oxygen atoms in total. The summed E-state index contributed by atoms with van der Waals surface area (Å²) in [5, 5.41) is 9.05. The van der Waals surface area contributed by atoms with E-state index < -0.39 is 23.2 Å². The van der Waals surface area contributed by atoms with Crippen LogP contribution in [0.4, 0.5) is 8.78 Å². The standard InChI is InChI=1S/C24H25F2NO4/c1-2-11-30-23-19(25)12-16(13-20(23)26)18-14-24(31-21-6-4-3-5-17(18)21)7-9-27(10-8-24)15-22(28)29/h3-6,12-14H,2,7-11,15H2,1H3,(H,28,29). The van der Waals surface area contributed by atoms with Gasteiger partial charge in [-0.3, -0.25) is 9.69 Å². The molecule has 2 aliphatic heterocycles. The van der Waals surface area contributed by atoms with E-state index in [1.54, 1.807) is 0 Å². The Hall–Kier alpha value is -2.93. The first-order valence-electron chi connectivity index (χ1n) is 10.5. The van der Waals surface area contributed by atoms with Crippen LogP contribution in [0.3, 0.4) is 0 Å². The van der Waals surface area contributed by atoms with Gasteiger partial charge < -0.3 is 14.6 Å². The minimum atomic E-state index is -0.863. The number of carboxylic acid groups (broad SMARTS) is 1. The molecule has 0 amide bonds. The number of carbonyl (C=O) groups is 1. The highest BCUT2D eigenvalue weighted by atomic mass is 19.1. The number of carboxylic acids is 1. The van der Waals surface area contributed by atoms with Crippen molar-refractivity contribution in [2.75, 3.05) is 26.2 Å². The predicted octanol–water partition coefficient (Wildman–Crippen LogP) is 4.50. The Labute approximate surface area is 179 Å². The van der Waals surface area contributed by atoms with Gasteiger partial charge in [0.25, 0.3) is 0 Å². The molecule has 2 aromatic carbocycles. The van der Waals surface area contributed by atoms with E-state index in [0.717, 1.165) is 5.56 Å². The van der Waals surface area contributed by atoms with Gasteiger partial charge in [-0.25, -0.2) is 8.78 Å². The Morgan fingerprint density at radius 3 is 2.52 bits per heavy atom. The van der Waals surface area contributed by atoms with E-state index in [-0.39, 0.29) is 18.9 Å². The molecule has 0 radical (unpaired) electrons. The lowest BCUT2D eigenvalue weighted by Gasteiger charge is -2.42. The zero-order valence-corrected chi connectivity index (χ0v) is 17.4. The fourth-order valence-electron chi connectivity index (χ4n) is 4.19. The summed E-state index contributed by atoms with van der Waals surface area (Å²) in [5.74, 6) is -2.04. The van der Waals surface area contributed by atoms with Crippen molar-refractivity contribution in [2.45, 2.75) is 31.8 Å². The molecule has 0 saturated carbocycles. The number of piperidine rings is 1. The van der Waals surface area contributed by atoms with Gasteiger partial charge in [0, 0.05) is 31.5 Å². The Kier molecular flexibility index (Phi) is 5.96. The van der Waals surface area contributed by atoms with Crippen molar-refractivity contribution in [3.8, 4) is 11.5 Å². The largest absolute Gasteiger partial charge is 0.488 e. The van der Waals surface area contributed by atoms with E-state index >= 15 is 0 Å². The lowest BCUT2D eigenvalue weighted by atomic mass is 9.83. The van der Waals surface area contributed by atoms with E-state index in [9.17, 15) is 13.6 Å². The first kappa shape index (κ1) is 21.3. The third-order valence-electron chi connectivity index (χ3n) is 5.72. The molecule has 2 aliphatic rings. The Morgan fingerprint density at radius 1 is 1.19 bits per heavy atom. The fourth-order valence-corrected chi connectivity index (χ4v) is 4.19. The molecule has 164 valence electrons. The molecular formula is C24H25F2NO4. The van der Waals surface area contributed by atoms with E-state index in [0.29, 0.717) is 49.2 Å². The van der Waals surface area contributed by atoms with Gasteiger partial charge in [0.2, 0.25) is 0 Å². The first-order chi connectivity index (χ1) is 14.9. The van der Waals surface area contributed by atoms with Gasteiger partial charge in [-0.15, -0.1) is 0 Å². The Morgan fingerprint density at radius 2 is 1.87 bits per heavy atom. The molecule has 1 saturated heterocycles. The van der Waals surface area contributed by atoms with Crippen molar-refractivity contribution in [1.29, 1.82) is 0 Å². The topological polar surface area (TPSA) is 59.0 Å². The second-order valence-electron chi connectivity index (χ2n) is 8.01. The van der Waals surface area contributed by atoms with Gasteiger partial charge in [0.05, 0.1) is 13.2 Å². The average molecular weight is 429 g/mol. The van der Waals surface area contributed by atoms with E-state index in [4.69, 9.17) is 14.6 Å². The van der Waals surface area contributed by atoms with Crippen molar-refractivity contribution in [3.63, 3.8) is 0 Å². The van der Waals surface area contributed by atoms with Crippen molar-refractivity contribution < 1.29 is 28.2 Å². The highest BCUT2D eigenvalue weighted by molar-refractivity contribution is 5.85. The Balaban J connectivity index is 1.70. The van der Waals surface area contributed by atoms with E-state index in [1.165, 1.54) is 12.1 Å². The molecule has 1 fully saturated rings. The van der Waals surface area contributed by atoms with Crippen LogP contribution in [0.2, 0.25) is 0 Å². The van der Waals surface area contributed by atoms with Gasteiger partial charge in [0.1, 0.15) is 11.4 Å². The number of ether oxygens (including phenoxy) is 2. The monoisotopic (exact) mass is 429 g/mol. The van der Waals surface area contributed by atoms with E-state index in [1.807, 2.05) is 42.2 Å². The maximum Gasteiger partial charge on any atom is 0.317 e. The minimum Gasteiger partial charge on any atom is -0.488 e. The van der Waals surface area contributed by atoms with Crippen LogP contribution in [0, 0.1) is 11.6 Å². The molecular weight excluding hydrogens is 404 g/mol. The number of nitrogens with zero attached hydrogens (tertiary/aromatic N) is 1. The molecule has 31 heavy (non-hydrogen) atoms. The van der Waals surface area contributed by atoms with Crippen LogP contribution in [0.5, 0.6) is 11.5 Å². The number of para-hydroxylation sites is 1. The Bertz CT molecular complexity index is 989. The lowest BCUT2D eigenvalue weighted by Crippen LogP contribution is -2.49. The smallest absolute Gasteiger partial charge is 0.317 e. The summed E-state index contributed by atoms with van der Waals surface area (Å²) in [4.78, 5) is 12.9. The zero-order valence-electron chi connectivity index (χ0n) is 17.4. The van der Waals surface area contributed by atoms with Gasteiger partial charge >= 0.3 is 5.97 Å². The highest BCUT2D eigenvalue weighted by Gasteiger charge is 2.39. The summed E-state index contributed by atoms with van der Waals surface area (Å²) < 4.78 is 40.9. The molecule has 1 N–H and O–H groups in total. The zero-order chi connectivity index (χ0) is 22.0. The predicted molar refractivity (Wildman–Crippen MR) is 112 cm³/mol. The van der Waals surface area contributed by atoms with Gasteiger partial charge in [0.15, 0.2) is 17.4 Å². The summed E-state index contributed by atoms with van der Waals surface area (Å²) in [6.45, 7) is 3.21. The molecule has 0 bridgehead atoms. The molecule has 4 rings (SSSR count). The SMILES string of the molecule is CCCOc1c(F)cc(C2=CC3(CCN(CC(=O)O)CC3)Oc3ccccc32)cc1F. The maximum absolute atomic E-state index is 14.7. The van der Waals surface area contributed by atoms with Crippen LogP contribution in [-0.4, -0.2) is 47.8 Å². The van der Waals surface area contributed by atoms with Gasteiger partial charge in [-0.1, -0.05) is 25.1 Å². The number of rotatable bonds is 6. The number of hydrogen-bond donors (Lipinski definition) is 1. The normalized spacial score (nSPS) is 17.6. The van der Waals surface area contributed by atoms with Gasteiger partial charge in [-0.2, -0.15) is 0 Å². The second-order valence-corrected chi connectivity index (χ2v) is 8.01. The second kappa shape index (κ2) is 8.67. The first-order valence-corrected chi connectivity index (χ1v) is 10.5. The highest BCUT2D eigenvalue weighted by Crippen LogP contribution is 2.44. The minimum absolute atomic E-state index is 0.0150. The van der Waals surface area contributed by atoms with Crippen molar-refractivity contribution in [3.05, 3.63) is 65.2 Å². The number of hydrogen-bond acceptors (Lipinski definition) is 4. The molecule has 2 heterocycles. The number of aliphatic carboxylic acids is 1. The summed E-state index contributed by atoms with van der Waals surface area (Å²) in [6.07, 6.45) is 3.76. The average Bonchev–Trinajstić information content (AvgIpc) is 2.74. The third kappa shape index (κ3) is 4.42. The molecule has 0 unspecified atom stereocenters. The number of halogens is 2. The molecule has 1 spiro atoms. The number of fused-ring (bicyclic) bond motifs is 1. The van der Waals surface area contributed by atoms with Crippen LogP contribution in [0.25, 0.3) is 5.57 Å². The van der Waals surface area contributed by atoms with Crippen molar-refractivity contribution >= 4 is 11.5 Å². The molecule has 0 atom stereocenters. The van der Waals surface area contributed by atoms with Crippen LogP contribution in [-0.2, 0) is 4.79 Å². The van der Waals surface area contributed by atoms with Crippen LogP contribution in [0.1, 0.15) is 37.3 Å². The molecule has 7 heteroatoms. The van der Waals surface area contributed by atoms with Crippen LogP contribution < -0.4 is 9.47 Å². The maximum atomic E-state index is 14.7. The summed E-state index contributed by atoms with van der Waals surface area (Å²) in [6, 6.07) is 10.0. The van der Waals surface area contributed by atoms with E-state index in [2.05, 4.69) is 0 Å². The van der Waals surface area contributed by atoms with Crippen LogP contribution >= 0.6 is 0 Å². The summed E-state index contributed by atoms with van der Waals surface area (Å²) in [5.41, 5.74) is 1.24. The summed E-state index contributed by atoms with van der Waals surface area (Å²) in [7, 11) is 0. The molecule has 2 aromatic rings. The summed E-state index contributed by atoms with van der Waals surface area (Å²) >= 11 is 0. The fraction of sp³-hybridized carbons (Fsp3) is 0.375. The molecule has 0 aromatic heterocycles. The number of benzene rings is 2.